The molecule has 118 valence electrons. The van der Waals surface area contributed by atoms with E-state index in [1.54, 1.807) is 7.11 Å². The number of nitrogens with zero attached hydrogens (tertiary/aromatic N) is 1. The number of carbonyl (C=O) groups is 1. The quantitative estimate of drug-likeness (QED) is 0.804. The average molecular weight is 293 g/mol. The number of methoxy groups -OCH3 is 1. The Hall–Kier alpha value is -1.75. The number of nitrogens with one attached hydrogen (secondary N) is 1. The SMILES string of the molecule is COc1ccc(N(CCCN)CC(=O)NC(C)(C)C)cc1. The van der Waals surface area contributed by atoms with E-state index >= 15 is 0 Å². The van der Waals surface area contributed by atoms with Gasteiger partial charge in [-0.1, -0.05) is 0 Å². The lowest BCUT2D eigenvalue weighted by atomic mass is 10.1. The van der Waals surface area contributed by atoms with Crippen LogP contribution in [0.5, 0.6) is 5.75 Å². The van der Waals surface area contributed by atoms with Gasteiger partial charge < -0.3 is 20.7 Å². The summed E-state index contributed by atoms with van der Waals surface area (Å²) in [5.74, 6) is 0.812. The van der Waals surface area contributed by atoms with Crippen LogP contribution < -0.4 is 20.7 Å². The molecule has 0 saturated heterocycles. The van der Waals surface area contributed by atoms with Gasteiger partial charge in [0.25, 0.3) is 0 Å². The topological polar surface area (TPSA) is 67.6 Å². The molecule has 0 aliphatic rings. The number of anilines is 1. The van der Waals surface area contributed by atoms with Crippen LogP contribution in [-0.2, 0) is 4.79 Å². The molecule has 0 radical (unpaired) electrons. The number of carbonyl (C=O) groups excluding carboxylic acids is 1. The molecule has 0 heterocycles. The van der Waals surface area contributed by atoms with Crippen LogP contribution in [0.25, 0.3) is 0 Å². The first kappa shape index (κ1) is 17.3. The fourth-order valence-corrected chi connectivity index (χ4v) is 2.01. The van der Waals surface area contributed by atoms with Gasteiger partial charge >= 0.3 is 0 Å². The van der Waals surface area contributed by atoms with Crippen molar-refractivity contribution in [2.75, 3.05) is 31.6 Å². The van der Waals surface area contributed by atoms with Gasteiger partial charge in [0.1, 0.15) is 5.75 Å². The van der Waals surface area contributed by atoms with E-state index < -0.39 is 0 Å². The van der Waals surface area contributed by atoms with Crippen LogP contribution in [0.15, 0.2) is 24.3 Å². The number of benzene rings is 1. The van der Waals surface area contributed by atoms with Crippen LogP contribution in [0, 0.1) is 0 Å². The highest BCUT2D eigenvalue weighted by Crippen LogP contribution is 2.19. The van der Waals surface area contributed by atoms with Crippen molar-refractivity contribution in [2.45, 2.75) is 32.7 Å². The monoisotopic (exact) mass is 293 g/mol. The number of amides is 1. The molecule has 0 fully saturated rings. The second-order valence-electron chi connectivity index (χ2n) is 6.06. The van der Waals surface area contributed by atoms with Gasteiger partial charge in [0, 0.05) is 17.8 Å². The highest BCUT2D eigenvalue weighted by atomic mass is 16.5. The van der Waals surface area contributed by atoms with Crippen molar-refractivity contribution in [3.63, 3.8) is 0 Å². The van der Waals surface area contributed by atoms with Crippen molar-refractivity contribution < 1.29 is 9.53 Å². The third-order valence-corrected chi connectivity index (χ3v) is 2.92. The van der Waals surface area contributed by atoms with Crippen LogP contribution >= 0.6 is 0 Å². The van der Waals surface area contributed by atoms with Crippen LogP contribution in [0.3, 0.4) is 0 Å². The van der Waals surface area contributed by atoms with E-state index in [0.29, 0.717) is 13.1 Å². The maximum absolute atomic E-state index is 12.1. The van der Waals surface area contributed by atoms with Crippen molar-refractivity contribution in [1.29, 1.82) is 0 Å². The standard InChI is InChI=1S/C16H27N3O2/c1-16(2,3)18-15(20)12-19(11-5-10-17)13-6-8-14(21-4)9-7-13/h6-9H,5,10-12,17H2,1-4H3,(H,18,20). The van der Waals surface area contributed by atoms with Gasteiger partial charge in [-0.3, -0.25) is 4.79 Å². The summed E-state index contributed by atoms with van der Waals surface area (Å²) in [7, 11) is 1.64. The lowest BCUT2D eigenvalue weighted by Gasteiger charge is -2.27. The predicted octanol–water partition coefficient (Wildman–Crippen LogP) is 1.77. The summed E-state index contributed by atoms with van der Waals surface area (Å²) in [6, 6.07) is 7.71. The van der Waals surface area contributed by atoms with Gasteiger partial charge in [-0.2, -0.15) is 0 Å². The normalized spacial score (nSPS) is 11.1. The molecule has 0 spiro atoms. The molecular weight excluding hydrogens is 266 g/mol. The zero-order valence-corrected chi connectivity index (χ0v) is 13.5. The van der Waals surface area contributed by atoms with Gasteiger partial charge in [-0.15, -0.1) is 0 Å². The van der Waals surface area contributed by atoms with Crippen LogP contribution in [0.1, 0.15) is 27.2 Å². The van der Waals surface area contributed by atoms with Gasteiger partial charge in [-0.25, -0.2) is 0 Å². The fourth-order valence-electron chi connectivity index (χ4n) is 2.01. The van der Waals surface area contributed by atoms with E-state index in [4.69, 9.17) is 10.5 Å². The molecule has 1 aromatic rings. The summed E-state index contributed by atoms with van der Waals surface area (Å²) in [4.78, 5) is 14.2. The predicted molar refractivity (Wildman–Crippen MR) is 86.8 cm³/mol. The Labute approximate surface area is 127 Å². The number of ether oxygens (including phenoxy) is 1. The summed E-state index contributed by atoms with van der Waals surface area (Å²) in [6.45, 7) is 7.60. The van der Waals surface area contributed by atoms with E-state index in [1.165, 1.54) is 0 Å². The molecular formula is C16H27N3O2. The minimum Gasteiger partial charge on any atom is -0.497 e. The van der Waals surface area contributed by atoms with E-state index in [2.05, 4.69) is 5.32 Å². The Bertz CT molecular complexity index is 438. The third kappa shape index (κ3) is 6.49. The Morgan fingerprint density at radius 2 is 1.90 bits per heavy atom. The number of nitrogens with two attached hydrogens (primary N) is 1. The molecule has 0 bridgehead atoms. The smallest absolute Gasteiger partial charge is 0.239 e. The fraction of sp³-hybridized carbons (Fsp3) is 0.562. The highest BCUT2D eigenvalue weighted by molar-refractivity contribution is 5.82. The van der Waals surface area contributed by atoms with Gasteiger partial charge in [0.05, 0.1) is 13.7 Å². The van der Waals surface area contributed by atoms with Crippen molar-refractivity contribution in [3.05, 3.63) is 24.3 Å². The summed E-state index contributed by atoms with van der Waals surface area (Å²) >= 11 is 0. The summed E-state index contributed by atoms with van der Waals surface area (Å²) in [6.07, 6.45) is 0.842. The van der Waals surface area contributed by atoms with Gasteiger partial charge in [0.15, 0.2) is 0 Å². The third-order valence-electron chi connectivity index (χ3n) is 2.92. The largest absolute Gasteiger partial charge is 0.497 e. The zero-order chi connectivity index (χ0) is 15.9. The zero-order valence-electron chi connectivity index (χ0n) is 13.5. The summed E-state index contributed by atoms with van der Waals surface area (Å²) < 4.78 is 5.16. The molecule has 0 unspecified atom stereocenters. The van der Waals surface area contributed by atoms with Crippen LogP contribution in [-0.4, -0.2) is 38.2 Å². The maximum atomic E-state index is 12.1. The molecule has 0 aromatic heterocycles. The number of hydrogen-bond donors (Lipinski definition) is 2. The van der Waals surface area contributed by atoms with Crippen molar-refractivity contribution >= 4 is 11.6 Å². The minimum atomic E-state index is -0.226. The van der Waals surface area contributed by atoms with Crippen LogP contribution in [0.4, 0.5) is 5.69 Å². The van der Waals surface area contributed by atoms with Crippen molar-refractivity contribution in [1.82, 2.24) is 5.32 Å². The Balaban J connectivity index is 2.76. The van der Waals surface area contributed by atoms with E-state index in [9.17, 15) is 4.79 Å². The molecule has 3 N–H and O–H groups in total. The molecule has 5 nitrogen and oxygen atoms in total. The second-order valence-corrected chi connectivity index (χ2v) is 6.06. The molecule has 0 aliphatic carbocycles. The summed E-state index contributed by atoms with van der Waals surface area (Å²) in [5, 5.41) is 2.98. The molecule has 21 heavy (non-hydrogen) atoms. The molecule has 0 aliphatic heterocycles. The van der Waals surface area contributed by atoms with Gasteiger partial charge in [0.2, 0.25) is 5.91 Å². The maximum Gasteiger partial charge on any atom is 0.239 e. The molecule has 1 amide bonds. The highest BCUT2D eigenvalue weighted by Gasteiger charge is 2.17. The van der Waals surface area contributed by atoms with Crippen molar-refractivity contribution in [2.24, 2.45) is 5.73 Å². The first-order chi connectivity index (χ1) is 9.85. The molecule has 1 rings (SSSR count). The first-order valence-electron chi connectivity index (χ1n) is 7.26. The Morgan fingerprint density at radius 3 is 2.38 bits per heavy atom. The Kier molecular flexibility index (Phi) is 6.49. The minimum absolute atomic E-state index is 0.00957. The Morgan fingerprint density at radius 1 is 1.29 bits per heavy atom. The summed E-state index contributed by atoms with van der Waals surface area (Å²) in [5.41, 5.74) is 6.35. The van der Waals surface area contributed by atoms with Gasteiger partial charge in [-0.05, 0) is 58.0 Å². The molecule has 0 atom stereocenters. The van der Waals surface area contributed by atoms with Crippen LogP contribution in [0.2, 0.25) is 0 Å². The van der Waals surface area contributed by atoms with E-state index in [1.807, 2.05) is 49.9 Å². The number of rotatable bonds is 7. The first-order valence-corrected chi connectivity index (χ1v) is 7.26. The number of hydrogen-bond acceptors (Lipinski definition) is 4. The van der Waals surface area contributed by atoms with E-state index in [-0.39, 0.29) is 11.4 Å². The molecule has 5 heteroatoms. The van der Waals surface area contributed by atoms with Crippen molar-refractivity contribution in [3.8, 4) is 5.75 Å². The molecule has 0 saturated carbocycles. The molecule has 1 aromatic carbocycles. The average Bonchev–Trinajstić information content (AvgIpc) is 2.41. The lowest BCUT2D eigenvalue weighted by Crippen LogP contribution is -2.46. The lowest BCUT2D eigenvalue weighted by molar-refractivity contribution is -0.121. The second kappa shape index (κ2) is 7.88. The van der Waals surface area contributed by atoms with E-state index in [0.717, 1.165) is 24.4 Å².